The molecule has 0 bridgehead atoms. The quantitative estimate of drug-likeness (QED) is 0.910. The van der Waals surface area contributed by atoms with Crippen LogP contribution in [0.15, 0.2) is 17.2 Å². The fraction of sp³-hybridized carbons (Fsp3) is 0.733. The molecule has 2 aliphatic rings. The van der Waals surface area contributed by atoms with Crippen molar-refractivity contribution >= 4 is 5.82 Å². The highest BCUT2D eigenvalue weighted by Crippen LogP contribution is 2.36. The number of nitrogens with one attached hydrogen (secondary N) is 1. The van der Waals surface area contributed by atoms with Gasteiger partial charge in [0.2, 0.25) is 0 Å². The summed E-state index contributed by atoms with van der Waals surface area (Å²) in [6.45, 7) is 4.61. The summed E-state index contributed by atoms with van der Waals surface area (Å²) in [6.07, 6.45) is 10.6. The van der Waals surface area contributed by atoms with E-state index in [1.54, 1.807) is 6.20 Å². The highest BCUT2D eigenvalue weighted by molar-refractivity contribution is 5.33. The molecule has 19 heavy (non-hydrogen) atoms. The summed E-state index contributed by atoms with van der Waals surface area (Å²) in [5.74, 6) is 0.539. The van der Waals surface area contributed by atoms with E-state index in [1.165, 1.54) is 12.8 Å². The van der Waals surface area contributed by atoms with E-state index in [9.17, 15) is 4.79 Å². The van der Waals surface area contributed by atoms with Gasteiger partial charge in [0.1, 0.15) is 0 Å². The maximum Gasteiger partial charge on any atom is 0.293 e. The second-order valence-electron chi connectivity index (χ2n) is 6.82. The molecule has 1 atom stereocenters. The molecule has 1 heterocycles. The molecule has 0 aliphatic heterocycles. The standard InChI is InChI=1S/C15H23N3O/c1-15(2)7-3-4-11(10-15)17-13-14(19)18(9-8-16-13)12-5-6-12/h8-9,11-12H,3-7,10H2,1-2H3,(H,16,17). The topological polar surface area (TPSA) is 46.9 Å². The van der Waals surface area contributed by atoms with Gasteiger partial charge in [-0.2, -0.15) is 0 Å². The number of rotatable bonds is 3. The number of nitrogens with zero attached hydrogens (tertiary/aromatic N) is 2. The fourth-order valence-corrected chi connectivity index (χ4v) is 3.18. The van der Waals surface area contributed by atoms with E-state index in [1.807, 2.05) is 10.8 Å². The number of hydrogen-bond donors (Lipinski definition) is 1. The first-order valence-electron chi connectivity index (χ1n) is 7.39. The summed E-state index contributed by atoms with van der Waals surface area (Å²) in [7, 11) is 0. The van der Waals surface area contributed by atoms with Crippen LogP contribution in [0.2, 0.25) is 0 Å². The first-order valence-corrected chi connectivity index (χ1v) is 7.39. The molecule has 0 radical (unpaired) electrons. The SMILES string of the molecule is CC1(C)CCCC(Nc2nccn(C3CC3)c2=O)C1. The molecule has 1 unspecified atom stereocenters. The zero-order chi connectivity index (χ0) is 13.5. The van der Waals surface area contributed by atoms with Crippen LogP contribution in [0.5, 0.6) is 0 Å². The van der Waals surface area contributed by atoms with Gasteiger partial charge in [0.25, 0.3) is 5.56 Å². The van der Waals surface area contributed by atoms with Crippen LogP contribution < -0.4 is 10.9 Å². The van der Waals surface area contributed by atoms with Crippen molar-refractivity contribution in [2.24, 2.45) is 5.41 Å². The van der Waals surface area contributed by atoms with Gasteiger partial charge in [0.05, 0.1) is 0 Å². The van der Waals surface area contributed by atoms with E-state index < -0.39 is 0 Å². The molecular weight excluding hydrogens is 238 g/mol. The molecule has 1 aromatic rings. The molecule has 2 saturated carbocycles. The molecule has 3 rings (SSSR count). The van der Waals surface area contributed by atoms with Crippen LogP contribution in [0.3, 0.4) is 0 Å². The molecule has 1 N–H and O–H groups in total. The summed E-state index contributed by atoms with van der Waals surface area (Å²) in [6, 6.07) is 0.804. The molecule has 2 fully saturated rings. The van der Waals surface area contributed by atoms with Crippen LogP contribution >= 0.6 is 0 Å². The van der Waals surface area contributed by atoms with Crippen LogP contribution in [-0.2, 0) is 0 Å². The lowest BCUT2D eigenvalue weighted by Crippen LogP contribution is -2.35. The van der Waals surface area contributed by atoms with Gasteiger partial charge in [-0.15, -0.1) is 0 Å². The third-order valence-electron chi connectivity index (χ3n) is 4.35. The average molecular weight is 261 g/mol. The predicted octanol–water partition coefficient (Wildman–Crippen LogP) is 2.96. The third kappa shape index (κ3) is 2.82. The van der Waals surface area contributed by atoms with Crippen LogP contribution in [0.25, 0.3) is 0 Å². The normalized spacial score (nSPS) is 26.1. The Kier molecular flexibility index (Phi) is 3.11. The van der Waals surface area contributed by atoms with E-state index in [0.29, 0.717) is 23.3 Å². The van der Waals surface area contributed by atoms with Crippen molar-refractivity contribution in [1.82, 2.24) is 9.55 Å². The van der Waals surface area contributed by atoms with Crippen molar-refractivity contribution in [3.63, 3.8) is 0 Å². The Morgan fingerprint density at radius 3 is 2.84 bits per heavy atom. The molecule has 0 saturated heterocycles. The van der Waals surface area contributed by atoms with Gasteiger partial charge >= 0.3 is 0 Å². The molecule has 104 valence electrons. The molecule has 4 heteroatoms. The van der Waals surface area contributed by atoms with Gasteiger partial charge < -0.3 is 9.88 Å². The number of aromatic nitrogens is 2. The Morgan fingerprint density at radius 2 is 2.16 bits per heavy atom. The van der Waals surface area contributed by atoms with Crippen molar-refractivity contribution < 1.29 is 0 Å². The van der Waals surface area contributed by atoms with Crippen molar-refractivity contribution in [3.05, 3.63) is 22.7 Å². The maximum atomic E-state index is 12.3. The largest absolute Gasteiger partial charge is 0.363 e. The molecule has 1 aromatic heterocycles. The van der Waals surface area contributed by atoms with Gasteiger partial charge in [0.15, 0.2) is 5.82 Å². The summed E-state index contributed by atoms with van der Waals surface area (Å²) in [5, 5.41) is 3.38. The fourth-order valence-electron chi connectivity index (χ4n) is 3.18. The monoisotopic (exact) mass is 261 g/mol. The second-order valence-corrected chi connectivity index (χ2v) is 6.82. The molecule has 4 nitrogen and oxygen atoms in total. The number of anilines is 1. The van der Waals surface area contributed by atoms with Crippen LogP contribution in [0, 0.1) is 5.41 Å². The Hall–Kier alpha value is -1.32. The molecule has 0 spiro atoms. The van der Waals surface area contributed by atoms with E-state index in [0.717, 1.165) is 25.7 Å². The van der Waals surface area contributed by atoms with Crippen molar-refractivity contribution in [2.45, 2.75) is 64.5 Å². The highest BCUT2D eigenvalue weighted by atomic mass is 16.1. The lowest BCUT2D eigenvalue weighted by molar-refractivity contribution is 0.229. The molecule has 0 aromatic carbocycles. The summed E-state index contributed by atoms with van der Waals surface area (Å²) >= 11 is 0. The summed E-state index contributed by atoms with van der Waals surface area (Å²) in [4.78, 5) is 16.6. The van der Waals surface area contributed by atoms with Gasteiger partial charge in [0, 0.05) is 24.5 Å². The van der Waals surface area contributed by atoms with Gasteiger partial charge in [-0.3, -0.25) is 4.79 Å². The highest BCUT2D eigenvalue weighted by Gasteiger charge is 2.29. The minimum Gasteiger partial charge on any atom is -0.363 e. The van der Waals surface area contributed by atoms with Gasteiger partial charge in [-0.1, -0.05) is 20.3 Å². The zero-order valence-corrected chi connectivity index (χ0v) is 11.9. The Balaban J connectivity index is 1.76. The smallest absolute Gasteiger partial charge is 0.293 e. The minimum absolute atomic E-state index is 0.0494. The van der Waals surface area contributed by atoms with E-state index in [-0.39, 0.29) is 5.56 Å². The van der Waals surface area contributed by atoms with Crippen LogP contribution in [-0.4, -0.2) is 15.6 Å². The van der Waals surface area contributed by atoms with E-state index in [4.69, 9.17) is 0 Å². The predicted molar refractivity (Wildman–Crippen MR) is 76.4 cm³/mol. The summed E-state index contributed by atoms with van der Waals surface area (Å²) in [5.41, 5.74) is 0.425. The third-order valence-corrected chi connectivity index (χ3v) is 4.35. The lowest BCUT2D eigenvalue weighted by Gasteiger charge is -2.35. The second kappa shape index (κ2) is 4.66. The lowest BCUT2D eigenvalue weighted by atomic mass is 9.75. The molecule has 2 aliphatic carbocycles. The average Bonchev–Trinajstić information content (AvgIpc) is 3.15. The van der Waals surface area contributed by atoms with Crippen LogP contribution in [0.1, 0.15) is 58.4 Å². The molecular formula is C15H23N3O. The van der Waals surface area contributed by atoms with E-state index in [2.05, 4.69) is 24.1 Å². The van der Waals surface area contributed by atoms with Gasteiger partial charge in [-0.05, 0) is 37.5 Å². The van der Waals surface area contributed by atoms with Crippen molar-refractivity contribution in [1.29, 1.82) is 0 Å². The maximum absolute atomic E-state index is 12.3. The van der Waals surface area contributed by atoms with Crippen molar-refractivity contribution in [2.75, 3.05) is 5.32 Å². The first kappa shape index (κ1) is 12.7. The van der Waals surface area contributed by atoms with Gasteiger partial charge in [-0.25, -0.2) is 4.98 Å². The van der Waals surface area contributed by atoms with E-state index >= 15 is 0 Å². The van der Waals surface area contributed by atoms with Crippen molar-refractivity contribution in [3.8, 4) is 0 Å². The number of hydrogen-bond acceptors (Lipinski definition) is 3. The molecule has 0 amide bonds. The first-order chi connectivity index (χ1) is 9.05. The van der Waals surface area contributed by atoms with Crippen LogP contribution in [0.4, 0.5) is 5.82 Å². The zero-order valence-electron chi connectivity index (χ0n) is 11.9. The Bertz CT molecular complexity index is 516. The minimum atomic E-state index is 0.0494. The summed E-state index contributed by atoms with van der Waals surface area (Å²) < 4.78 is 1.84. The Labute approximate surface area is 114 Å². The Morgan fingerprint density at radius 1 is 1.37 bits per heavy atom.